The zero-order chi connectivity index (χ0) is 17.8. The number of carbonyl (C=O) groups excluding carboxylic acids is 2. The molecule has 128 valence electrons. The molecule has 0 radical (unpaired) electrons. The molecule has 0 aliphatic heterocycles. The summed E-state index contributed by atoms with van der Waals surface area (Å²) in [5, 5.41) is 6.27. The number of amides is 2. The van der Waals surface area contributed by atoms with Gasteiger partial charge in [0.25, 0.3) is 0 Å². The van der Waals surface area contributed by atoms with Crippen molar-refractivity contribution in [3.05, 3.63) is 59.7 Å². The molecule has 0 aliphatic rings. The second-order valence-corrected chi connectivity index (χ2v) is 6.91. The van der Waals surface area contributed by atoms with Crippen LogP contribution in [0, 0.1) is 0 Å². The third kappa shape index (κ3) is 4.42. The van der Waals surface area contributed by atoms with Crippen molar-refractivity contribution in [3.8, 4) is 0 Å². The Balaban J connectivity index is 1.67. The zero-order valence-electron chi connectivity index (χ0n) is 14.1. The number of nitrogens with zero attached hydrogens (tertiary/aromatic N) is 1. The Hall–Kier alpha value is -2.73. The van der Waals surface area contributed by atoms with Crippen molar-refractivity contribution >= 4 is 38.5 Å². The highest BCUT2D eigenvalue weighted by Gasteiger charge is 2.11. The molecular formula is C19H19N3O2S. The largest absolute Gasteiger partial charge is 0.349 e. The van der Waals surface area contributed by atoms with E-state index in [0.29, 0.717) is 11.6 Å². The molecule has 25 heavy (non-hydrogen) atoms. The standard InChI is InChI=1S/C19H19N3O2S/c1-12(15-6-4-3-5-7-15)20-18(24)11-14-8-9-16-17(10-14)25-19(22-16)21-13(2)23/h3-10,12H,11H2,1-2H3,(H,20,24)(H,21,22,23). The van der Waals surface area contributed by atoms with E-state index in [0.717, 1.165) is 21.3 Å². The minimum absolute atomic E-state index is 0.0256. The predicted octanol–water partition coefficient (Wildman–Crippen LogP) is 3.67. The van der Waals surface area contributed by atoms with Crippen molar-refractivity contribution in [2.24, 2.45) is 0 Å². The number of anilines is 1. The first kappa shape index (κ1) is 17.1. The molecule has 2 aromatic carbocycles. The monoisotopic (exact) mass is 353 g/mol. The molecule has 1 aromatic heterocycles. The predicted molar refractivity (Wildman–Crippen MR) is 101 cm³/mol. The number of nitrogens with one attached hydrogen (secondary N) is 2. The van der Waals surface area contributed by atoms with E-state index >= 15 is 0 Å². The molecular weight excluding hydrogens is 334 g/mol. The molecule has 2 amide bonds. The fraction of sp³-hybridized carbons (Fsp3) is 0.211. The van der Waals surface area contributed by atoms with E-state index < -0.39 is 0 Å². The van der Waals surface area contributed by atoms with Crippen molar-refractivity contribution < 1.29 is 9.59 Å². The van der Waals surface area contributed by atoms with Crippen LogP contribution in [-0.4, -0.2) is 16.8 Å². The fourth-order valence-corrected chi connectivity index (χ4v) is 3.56. The molecule has 1 heterocycles. The molecule has 0 saturated carbocycles. The molecule has 0 saturated heterocycles. The average Bonchev–Trinajstić information content (AvgIpc) is 2.96. The maximum atomic E-state index is 12.3. The van der Waals surface area contributed by atoms with Crippen molar-refractivity contribution in [2.45, 2.75) is 26.3 Å². The first-order valence-electron chi connectivity index (χ1n) is 8.02. The van der Waals surface area contributed by atoms with Gasteiger partial charge in [-0.1, -0.05) is 47.7 Å². The molecule has 1 unspecified atom stereocenters. The molecule has 0 aliphatic carbocycles. The molecule has 3 rings (SSSR count). The molecule has 6 heteroatoms. The molecule has 3 aromatic rings. The number of hydrogen-bond acceptors (Lipinski definition) is 4. The van der Waals surface area contributed by atoms with E-state index in [-0.39, 0.29) is 17.9 Å². The summed E-state index contributed by atoms with van der Waals surface area (Å²) in [4.78, 5) is 27.8. The van der Waals surface area contributed by atoms with E-state index in [1.54, 1.807) is 0 Å². The summed E-state index contributed by atoms with van der Waals surface area (Å²) < 4.78 is 0.949. The van der Waals surface area contributed by atoms with Crippen LogP contribution in [0.3, 0.4) is 0 Å². The second kappa shape index (κ2) is 7.44. The van der Waals surface area contributed by atoms with E-state index in [2.05, 4.69) is 15.6 Å². The highest BCUT2D eigenvalue weighted by atomic mass is 32.1. The number of aromatic nitrogens is 1. The van der Waals surface area contributed by atoms with Crippen LogP contribution in [-0.2, 0) is 16.0 Å². The Morgan fingerprint density at radius 2 is 1.92 bits per heavy atom. The third-order valence-corrected chi connectivity index (χ3v) is 4.71. The van der Waals surface area contributed by atoms with E-state index in [1.165, 1.54) is 18.3 Å². The van der Waals surface area contributed by atoms with Crippen LogP contribution in [0.2, 0.25) is 0 Å². The van der Waals surface area contributed by atoms with Crippen LogP contribution < -0.4 is 10.6 Å². The molecule has 5 nitrogen and oxygen atoms in total. The van der Waals surface area contributed by atoms with Crippen molar-refractivity contribution in [1.82, 2.24) is 10.3 Å². The Morgan fingerprint density at radius 1 is 1.16 bits per heavy atom. The highest BCUT2D eigenvalue weighted by molar-refractivity contribution is 7.22. The van der Waals surface area contributed by atoms with Gasteiger partial charge in [0.15, 0.2) is 5.13 Å². The Kier molecular flexibility index (Phi) is 5.09. The first-order chi connectivity index (χ1) is 12.0. The van der Waals surface area contributed by atoms with Gasteiger partial charge < -0.3 is 10.6 Å². The van der Waals surface area contributed by atoms with E-state index in [9.17, 15) is 9.59 Å². The lowest BCUT2D eigenvalue weighted by atomic mass is 10.1. The van der Waals surface area contributed by atoms with Gasteiger partial charge in [-0.2, -0.15) is 0 Å². The summed E-state index contributed by atoms with van der Waals surface area (Å²) in [6.45, 7) is 3.43. The summed E-state index contributed by atoms with van der Waals surface area (Å²) in [6.07, 6.45) is 0.306. The molecule has 0 bridgehead atoms. The quantitative estimate of drug-likeness (QED) is 0.735. The Morgan fingerprint density at radius 3 is 2.64 bits per heavy atom. The summed E-state index contributed by atoms with van der Waals surface area (Å²) in [5.74, 6) is -0.171. The SMILES string of the molecule is CC(=O)Nc1nc2ccc(CC(=O)NC(C)c3ccccc3)cc2s1. The van der Waals surface area contributed by atoms with Gasteiger partial charge >= 0.3 is 0 Å². The van der Waals surface area contributed by atoms with Gasteiger partial charge in [-0.3, -0.25) is 9.59 Å². The average molecular weight is 353 g/mol. The smallest absolute Gasteiger partial charge is 0.224 e. The Bertz CT molecular complexity index is 905. The van der Waals surface area contributed by atoms with E-state index in [4.69, 9.17) is 0 Å². The molecule has 0 fully saturated rings. The highest BCUT2D eigenvalue weighted by Crippen LogP contribution is 2.27. The summed E-state index contributed by atoms with van der Waals surface area (Å²) in [7, 11) is 0. The lowest BCUT2D eigenvalue weighted by molar-refractivity contribution is -0.121. The topological polar surface area (TPSA) is 71.1 Å². The van der Waals surface area contributed by atoms with Crippen LogP contribution in [0.4, 0.5) is 5.13 Å². The number of benzene rings is 2. The summed E-state index contributed by atoms with van der Waals surface area (Å²) in [5.41, 5.74) is 2.81. The maximum absolute atomic E-state index is 12.3. The zero-order valence-corrected chi connectivity index (χ0v) is 14.9. The summed E-state index contributed by atoms with van der Waals surface area (Å²) in [6, 6.07) is 15.6. The molecule has 0 spiro atoms. The molecule has 1 atom stereocenters. The van der Waals surface area contributed by atoms with Gasteiger partial charge in [-0.15, -0.1) is 0 Å². The van der Waals surface area contributed by atoms with Gasteiger partial charge in [-0.25, -0.2) is 4.98 Å². The van der Waals surface area contributed by atoms with Crippen LogP contribution in [0.1, 0.15) is 31.0 Å². The molecule has 2 N–H and O–H groups in total. The van der Waals surface area contributed by atoms with Crippen molar-refractivity contribution in [2.75, 3.05) is 5.32 Å². The van der Waals surface area contributed by atoms with E-state index in [1.807, 2.05) is 55.5 Å². The normalized spacial score (nSPS) is 11.9. The van der Waals surface area contributed by atoms with Crippen LogP contribution in [0.15, 0.2) is 48.5 Å². The van der Waals surface area contributed by atoms with Crippen molar-refractivity contribution in [1.29, 1.82) is 0 Å². The minimum atomic E-state index is -0.145. The number of hydrogen-bond donors (Lipinski definition) is 2. The van der Waals surface area contributed by atoms with Gasteiger partial charge in [0.05, 0.1) is 22.7 Å². The van der Waals surface area contributed by atoms with Gasteiger partial charge in [0.2, 0.25) is 11.8 Å². The fourth-order valence-electron chi connectivity index (χ4n) is 2.59. The van der Waals surface area contributed by atoms with Crippen LogP contribution in [0.5, 0.6) is 0 Å². The van der Waals surface area contributed by atoms with Crippen LogP contribution in [0.25, 0.3) is 10.2 Å². The number of rotatable bonds is 5. The van der Waals surface area contributed by atoms with Crippen molar-refractivity contribution in [3.63, 3.8) is 0 Å². The number of carbonyl (C=O) groups is 2. The lowest BCUT2D eigenvalue weighted by Gasteiger charge is -2.14. The minimum Gasteiger partial charge on any atom is -0.349 e. The number of thiazole rings is 1. The number of fused-ring (bicyclic) bond motifs is 1. The second-order valence-electron chi connectivity index (χ2n) is 5.88. The first-order valence-corrected chi connectivity index (χ1v) is 8.84. The van der Waals surface area contributed by atoms with Gasteiger partial charge in [-0.05, 0) is 30.2 Å². The maximum Gasteiger partial charge on any atom is 0.224 e. The Labute approximate surface area is 150 Å². The lowest BCUT2D eigenvalue weighted by Crippen LogP contribution is -2.28. The summed E-state index contributed by atoms with van der Waals surface area (Å²) >= 11 is 1.40. The van der Waals surface area contributed by atoms with Gasteiger partial charge in [0.1, 0.15) is 0 Å². The van der Waals surface area contributed by atoms with Gasteiger partial charge in [0, 0.05) is 6.92 Å². The third-order valence-electron chi connectivity index (χ3n) is 3.78. The van der Waals surface area contributed by atoms with Crippen LogP contribution >= 0.6 is 11.3 Å².